The Balaban J connectivity index is 1.39. The van der Waals surface area contributed by atoms with Crippen molar-refractivity contribution in [3.05, 3.63) is 35.5 Å². The molecule has 3 fully saturated rings. The second-order valence-corrected chi connectivity index (χ2v) is 13.5. The minimum Gasteiger partial charge on any atom is -0.465 e. The predicted molar refractivity (Wildman–Crippen MR) is 161 cm³/mol. The van der Waals surface area contributed by atoms with E-state index in [1.54, 1.807) is 38.0 Å². The van der Waals surface area contributed by atoms with Crippen LogP contribution in [0.5, 0.6) is 0 Å². The number of nitrogens with one attached hydrogen (secondary N) is 2. The topological polar surface area (TPSA) is 143 Å². The van der Waals surface area contributed by atoms with Crippen molar-refractivity contribution in [3.63, 3.8) is 0 Å². The maximum Gasteiger partial charge on any atom is 0.323 e. The number of hydrogen-bond acceptors (Lipinski definition) is 10. The van der Waals surface area contributed by atoms with Gasteiger partial charge in [-0.3, -0.25) is 14.3 Å². The molecule has 3 aliphatic rings. The third kappa shape index (κ3) is 7.37. The molecule has 2 aromatic rings. The molecule has 0 spiro atoms. The zero-order chi connectivity index (χ0) is 31.7. The molecule has 1 amide bonds. The first-order valence-electron chi connectivity index (χ1n) is 14.7. The first kappa shape index (κ1) is 31.8. The Hall–Kier alpha value is -3.59. The number of rotatable bonds is 11. The van der Waals surface area contributed by atoms with Gasteiger partial charge in [0, 0.05) is 63.3 Å². The fourth-order valence-electron chi connectivity index (χ4n) is 6.06. The standard InChI is InChI=1S/C29H38F2N6O6S/c1-4-43-25(38)17-44(40,41)35-21-5-6-22(23(14-21)37-10-7-28(18-42-3)15-20(28)16-37)26(39)33-24-13-19(2)32-27(34-24)36-11-8-29(30,31)9-12-36/h5-6,13-14,20,35H,4,7-12,15-18H2,1-3H3,(H,32,33,34,39). The molecular formula is C29H38F2N6O6S. The number of carbonyl (C=O) groups excluding carboxylic acids is 2. The summed E-state index contributed by atoms with van der Waals surface area (Å²) in [6, 6.07) is 6.18. The monoisotopic (exact) mass is 636 g/mol. The van der Waals surface area contributed by atoms with Crippen molar-refractivity contribution in [1.82, 2.24) is 9.97 Å². The van der Waals surface area contributed by atoms with Gasteiger partial charge in [-0.15, -0.1) is 0 Å². The molecule has 5 rings (SSSR count). The van der Waals surface area contributed by atoms with E-state index in [2.05, 4.69) is 24.9 Å². The van der Waals surface area contributed by atoms with E-state index in [4.69, 9.17) is 9.47 Å². The van der Waals surface area contributed by atoms with Crippen LogP contribution in [-0.4, -0.2) is 88.4 Å². The van der Waals surface area contributed by atoms with E-state index in [0.717, 1.165) is 12.8 Å². The molecule has 1 saturated carbocycles. The lowest BCUT2D eigenvalue weighted by Crippen LogP contribution is -2.40. The van der Waals surface area contributed by atoms with Crippen LogP contribution in [0.4, 0.5) is 31.9 Å². The summed E-state index contributed by atoms with van der Waals surface area (Å²) in [5.41, 5.74) is 1.72. The summed E-state index contributed by atoms with van der Waals surface area (Å²) < 4.78 is 65.4. The highest BCUT2D eigenvalue weighted by Crippen LogP contribution is 2.58. The van der Waals surface area contributed by atoms with E-state index in [1.807, 2.05) is 0 Å². The van der Waals surface area contributed by atoms with Crippen LogP contribution in [0.3, 0.4) is 0 Å². The highest BCUT2D eigenvalue weighted by molar-refractivity contribution is 7.93. The number of methoxy groups -OCH3 is 1. The van der Waals surface area contributed by atoms with Crippen molar-refractivity contribution in [2.45, 2.75) is 45.5 Å². The van der Waals surface area contributed by atoms with Gasteiger partial charge in [0.05, 0.1) is 30.2 Å². The van der Waals surface area contributed by atoms with Crippen molar-refractivity contribution in [2.24, 2.45) is 11.3 Å². The molecule has 2 unspecified atom stereocenters. The Morgan fingerprint density at radius 2 is 1.82 bits per heavy atom. The van der Waals surface area contributed by atoms with Crippen molar-refractivity contribution in [2.75, 3.05) is 72.1 Å². The minimum atomic E-state index is -4.06. The maximum absolute atomic E-state index is 13.7. The summed E-state index contributed by atoms with van der Waals surface area (Å²) in [5.74, 6) is -4.03. The van der Waals surface area contributed by atoms with Gasteiger partial charge >= 0.3 is 5.97 Å². The van der Waals surface area contributed by atoms with Gasteiger partial charge in [0.25, 0.3) is 11.8 Å². The number of benzene rings is 1. The zero-order valence-electron chi connectivity index (χ0n) is 25.1. The lowest BCUT2D eigenvalue weighted by Gasteiger charge is -2.34. The second kappa shape index (κ2) is 12.4. The molecule has 44 heavy (non-hydrogen) atoms. The average Bonchev–Trinajstić information content (AvgIpc) is 3.65. The Bertz CT molecular complexity index is 1520. The molecule has 1 aromatic carbocycles. The van der Waals surface area contributed by atoms with E-state index >= 15 is 0 Å². The normalized spacial score (nSPS) is 22.6. The quantitative estimate of drug-likeness (QED) is 0.352. The number of aromatic nitrogens is 2. The van der Waals surface area contributed by atoms with Crippen molar-refractivity contribution in [3.8, 4) is 0 Å². The molecule has 2 N–H and O–H groups in total. The Labute approximate surface area is 255 Å². The van der Waals surface area contributed by atoms with Gasteiger partial charge in [0.2, 0.25) is 16.0 Å². The molecule has 3 heterocycles. The van der Waals surface area contributed by atoms with Crippen LogP contribution in [0.15, 0.2) is 24.3 Å². The largest absolute Gasteiger partial charge is 0.465 e. The average molecular weight is 637 g/mol. The molecule has 1 aliphatic carbocycles. The number of ether oxygens (including phenoxy) is 2. The first-order valence-corrected chi connectivity index (χ1v) is 16.3. The number of nitrogens with zero attached hydrogens (tertiary/aromatic N) is 4. The smallest absolute Gasteiger partial charge is 0.323 e. The summed E-state index contributed by atoms with van der Waals surface area (Å²) >= 11 is 0. The van der Waals surface area contributed by atoms with Crippen molar-refractivity contribution >= 4 is 45.0 Å². The lowest BCUT2D eigenvalue weighted by atomic mass is 9.95. The Kier molecular flexibility index (Phi) is 8.99. The minimum absolute atomic E-state index is 0.0598. The number of carbonyl (C=O) groups is 2. The van der Waals surface area contributed by atoms with Gasteiger partial charge in [-0.25, -0.2) is 22.2 Å². The van der Waals surface area contributed by atoms with Gasteiger partial charge in [-0.05, 0) is 50.8 Å². The fraction of sp³-hybridized carbons (Fsp3) is 0.586. The lowest BCUT2D eigenvalue weighted by molar-refractivity contribution is -0.139. The zero-order valence-corrected chi connectivity index (χ0v) is 25.9. The molecular weight excluding hydrogens is 598 g/mol. The van der Waals surface area contributed by atoms with Crippen LogP contribution in [-0.2, 0) is 24.3 Å². The van der Waals surface area contributed by atoms with Crippen LogP contribution in [0.25, 0.3) is 0 Å². The van der Waals surface area contributed by atoms with Gasteiger partial charge in [-0.2, -0.15) is 4.98 Å². The number of piperidine rings is 2. The van der Waals surface area contributed by atoms with E-state index in [0.29, 0.717) is 42.6 Å². The van der Waals surface area contributed by atoms with Gasteiger partial charge in [0.15, 0.2) is 5.75 Å². The van der Waals surface area contributed by atoms with E-state index in [1.165, 1.54) is 12.1 Å². The number of alkyl halides is 2. The third-order valence-corrected chi connectivity index (χ3v) is 9.60. The molecule has 0 bridgehead atoms. The highest BCUT2D eigenvalue weighted by Gasteiger charge is 2.56. The Morgan fingerprint density at radius 3 is 2.50 bits per heavy atom. The van der Waals surface area contributed by atoms with Crippen LogP contribution in [0.2, 0.25) is 0 Å². The molecule has 2 aliphatic heterocycles. The molecule has 12 nitrogen and oxygen atoms in total. The summed E-state index contributed by atoms with van der Waals surface area (Å²) in [7, 11) is -2.38. The van der Waals surface area contributed by atoms with Crippen LogP contribution in [0, 0.1) is 18.3 Å². The van der Waals surface area contributed by atoms with Crippen LogP contribution >= 0.6 is 0 Å². The van der Waals surface area contributed by atoms with E-state index in [9.17, 15) is 26.8 Å². The predicted octanol–water partition coefficient (Wildman–Crippen LogP) is 3.44. The number of halogens is 2. The SMILES string of the molecule is CCOC(=O)CS(=O)(=O)Nc1ccc(C(=O)Nc2cc(C)nc(N3CCC(F)(F)CC3)n2)c(N2CCC3(COC)CC3C2)c1. The number of hydrogen-bond donors (Lipinski definition) is 2. The molecule has 2 saturated heterocycles. The summed E-state index contributed by atoms with van der Waals surface area (Å²) in [5, 5.41) is 2.82. The number of fused-ring (bicyclic) bond motifs is 1. The van der Waals surface area contributed by atoms with Crippen molar-refractivity contribution in [1.29, 1.82) is 0 Å². The van der Waals surface area contributed by atoms with Crippen LogP contribution in [0.1, 0.15) is 48.7 Å². The molecule has 0 radical (unpaired) electrons. The molecule has 15 heteroatoms. The van der Waals surface area contributed by atoms with Crippen LogP contribution < -0.4 is 19.8 Å². The maximum atomic E-state index is 13.7. The van der Waals surface area contributed by atoms with Gasteiger partial charge in [-0.1, -0.05) is 0 Å². The fourth-order valence-corrected chi connectivity index (χ4v) is 7.02. The number of sulfonamides is 1. The second-order valence-electron chi connectivity index (χ2n) is 11.8. The van der Waals surface area contributed by atoms with Gasteiger partial charge < -0.3 is 24.6 Å². The highest BCUT2D eigenvalue weighted by atomic mass is 32.2. The number of esters is 1. The van der Waals surface area contributed by atoms with E-state index < -0.39 is 33.6 Å². The molecule has 240 valence electrons. The third-order valence-electron chi connectivity index (χ3n) is 8.44. The molecule has 1 aromatic heterocycles. The molecule has 2 atom stereocenters. The summed E-state index contributed by atoms with van der Waals surface area (Å²) in [6.07, 6.45) is 1.27. The first-order chi connectivity index (χ1) is 20.8. The number of anilines is 4. The summed E-state index contributed by atoms with van der Waals surface area (Å²) in [6.45, 7) is 5.55. The Morgan fingerprint density at radius 1 is 1.09 bits per heavy atom. The van der Waals surface area contributed by atoms with E-state index in [-0.39, 0.29) is 55.4 Å². The number of aryl methyl sites for hydroxylation is 1. The van der Waals surface area contributed by atoms with Gasteiger partial charge in [0.1, 0.15) is 5.82 Å². The van der Waals surface area contributed by atoms with Crippen molar-refractivity contribution < 1.29 is 36.3 Å². The number of amides is 1. The summed E-state index contributed by atoms with van der Waals surface area (Å²) in [4.78, 5) is 38.1.